The molecule has 3 rings (SSSR count). The van der Waals surface area contributed by atoms with E-state index in [1.54, 1.807) is 21.9 Å². The second-order valence-electron chi connectivity index (χ2n) is 7.13. The van der Waals surface area contributed by atoms with E-state index in [9.17, 15) is 9.59 Å². The van der Waals surface area contributed by atoms with Crippen molar-refractivity contribution in [3.63, 3.8) is 0 Å². The molecule has 3 heterocycles. The molecule has 27 heavy (non-hydrogen) atoms. The standard InChI is InChI=1S/C19H30N4O4/c1-16(21-11-14-26-15-12-21)5-6-20-19(25)23-8-3-7-22(9-10-23)18(24)17-4-2-13-27-17/h2,4,13,16H,3,5-12,14-15H2,1H3,(H,20,25). The molecule has 0 aliphatic carbocycles. The summed E-state index contributed by atoms with van der Waals surface area (Å²) < 4.78 is 10.6. The molecule has 1 aromatic heterocycles. The van der Waals surface area contributed by atoms with Crippen molar-refractivity contribution in [3.05, 3.63) is 24.2 Å². The van der Waals surface area contributed by atoms with Gasteiger partial charge in [0.15, 0.2) is 5.76 Å². The Hall–Kier alpha value is -2.06. The van der Waals surface area contributed by atoms with E-state index in [4.69, 9.17) is 9.15 Å². The zero-order valence-corrected chi connectivity index (χ0v) is 16.1. The zero-order valence-electron chi connectivity index (χ0n) is 16.1. The van der Waals surface area contributed by atoms with Crippen molar-refractivity contribution in [1.82, 2.24) is 20.0 Å². The third-order valence-electron chi connectivity index (χ3n) is 5.31. The van der Waals surface area contributed by atoms with E-state index in [1.807, 2.05) is 0 Å². The largest absolute Gasteiger partial charge is 0.459 e. The molecule has 2 aliphatic rings. The summed E-state index contributed by atoms with van der Waals surface area (Å²) in [5.74, 6) is 0.242. The van der Waals surface area contributed by atoms with Crippen LogP contribution in [0.2, 0.25) is 0 Å². The van der Waals surface area contributed by atoms with Crippen molar-refractivity contribution in [2.24, 2.45) is 0 Å². The lowest BCUT2D eigenvalue weighted by atomic mass is 10.2. The van der Waals surface area contributed by atoms with Crippen molar-refractivity contribution < 1.29 is 18.7 Å². The van der Waals surface area contributed by atoms with Gasteiger partial charge in [0.1, 0.15) is 0 Å². The summed E-state index contributed by atoms with van der Waals surface area (Å²) in [7, 11) is 0. The first-order valence-electron chi connectivity index (χ1n) is 9.82. The monoisotopic (exact) mass is 378 g/mol. The van der Waals surface area contributed by atoms with Crippen LogP contribution in [0.5, 0.6) is 0 Å². The maximum Gasteiger partial charge on any atom is 0.317 e. The van der Waals surface area contributed by atoms with Gasteiger partial charge in [0.2, 0.25) is 0 Å². The Balaban J connectivity index is 1.39. The van der Waals surface area contributed by atoms with Gasteiger partial charge in [-0.05, 0) is 31.9 Å². The van der Waals surface area contributed by atoms with Crippen LogP contribution in [0.15, 0.2) is 22.8 Å². The average molecular weight is 378 g/mol. The fourth-order valence-electron chi connectivity index (χ4n) is 3.58. The summed E-state index contributed by atoms with van der Waals surface area (Å²) in [6, 6.07) is 3.77. The fraction of sp³-hybridized carbons (Fsp3) is 0.684. The van der Waals surface area contributed by atoms with E-state index in [0.717, 1.165) is 39.1 Å². The predicted molar refractivity (Wildman–Crippen MR) is 101 cm³/mol. The van der Waals surface area contributed by atoms with Gasteiger partial charge in [0.25, 0.3) is 5.91 Å². The number of carbonyl (C=O) groups excluding carboxylic acids is 2. The summed E-state index contributed by atoms with van der Waals surface area (Å²) in [5.41, 5.74) is 0. The van der Waals surface area contributed by atoms with Crippen molar-refractivity contribution in [3.8, 4) is 0 Å². The smallest absolute Gasteiger partial charge is 0.317 e. The number of amides is 3. The number of carbonyl (C=O) groups is 2. The van der Waals surface area contributed by atoms with Crippen molar-refractivity contribution >= 4 is 11.9 Å². The van der Waals surface area contributed by atoms with Crippen LogP contribution in [-0.4, -0.2) is 91.7 Å². The summed E-state index contributed by atoms with van der Waals surface area (Å²) >= 11 is 0. The molecule has 8 nitrogen and oxygen atoms in total. The molecule has 8 heteroatoms. The van der Waals surface area contributed by atoms with Gasteiger partial charge in [-0.1, -0.05) is 0 Å². The fourth-order valence-corrected chi connectivity index (χ4v) is 3.58. The molecule has 0 aromatic carbocycles. The molecule has 1 atom stereocenters. The Bertz CT molecular complexity index is 601. The maximum atomic E-state index is 12.5. The number of nitrogens with zero attached hydrogens (tertiary/aromatic N) is 3. The summed E-state index contributed by atoms with van der Waals surface area (Å²) in [6.07, 6.45) is 3.19. The third-order valence-corrected chi connectivity index (χ3v) is 5.31. The van der Waals surface area contributed by atoms with Crippen LogP contribution >= 0.6 is 0 Å². The molecule has 2 aliphatic heterocycles. The minimum absolute atomic E-state index is 0.0449. The van der Waals surface area contributed by atoms with E-state index < -0.39 is 0 Å². The molecule has 0 spiro atoms. The lowest BCUT2D eigenvalue weighted by Crippen LogP contribution is -2.45. The van der Waals surface area contributed by atoms with Crippen molar-refractivity contribution in [2.45, 2.75) is 25.8 Å². The second kappa shape index (κ2) is 9.75. The Morgan fingerprint density at radius 3 is 2.59 bits per heavy atom. The van der Waals surface area contributed by atoms with E-state index in [1.165, 1.54) is 6.26 Å². The van der Waals surface area contributed by atoms with Crippen LogP contribution in [0.3, 0.4) is 0 Å². The number of hydrogen-bond acceptors (Lipinski definition) is 5. The van der Waals surface area contributed by atoms with Gasteiger partial charge in [-0.3, -0.25) is 9.69 Å². The van der Waals surface area contributed by atoms with Gasteiger partial charge in [0, 0.05) is 51.9 Å². The molecule has 1 unspecified atom stereocenters. The van der Waals surface area contributed by atoms with E-state index >= 15 is 0 Å². The number of ether oxygens (including phenoxy) is 1. The normalized spacial score (nSPS) is 20.2. The van der Waals surface area contributed by atoms with E-state index in [2.05, 4.69) is 17.1 Å². The summed E-state index contributed by atoms with van der Waals surface area (Å²) in [4.78, 5) is 30.8. The quantitative estimate of drug-likeness (QED) is 0.834. The average Bonchev–Trinajstić information content (AvgIpc) is 3.12. The first-order chi connectivity index (χ1) is 13.1. The van der Waals surface area contributed by atoms with Crippen LogP contribution in [0.25, 0.3) is 0 Å². The minimum atomic E-state index is -0.110. The summed E-state index contributed by atoms with van der Waals surface area (Å²) in [6.45, 7) is 8.71. The van der Waals surface area contributed by atoms with Crippen molar-refractivity contribution in [1.29, 1.82) is 0 Å². The Morgan fingerprint density at radius 2 is 1.85 bits per heavy atom. The highest BCUT2D eigenvalue weighted by Gasteiger charge is 2.24. The Kier molecular flexibility index (Phi) is 7.11. The molecule has 0 bridgehead atoms. The van der Waals surface area contributed by atoms with Gasteiger partial charge in [-0.2, -0.15) is 0 Å². The maximum absolute atomic E-state index is 12.5. The van der Waals surface area contributed by atoms with Crippen LogP contribution < -0.4 is 5.32 Å². The summed E-state index contributed by atoms with van der Waals surface area (Å²) in [5, 5.41) is 3.03. The number of nitrogens with one attached hydrogen (secondary N) is 1. The van der Waals surface area contributed by atoms with Gasteiger partial charge in [-0.15, -0.1) is 0 Å². The number of rotatable bonds is 5. The van der Waals surface area contributed by atoms with Gasteiger partial charge in [0.05, 0.1) is 19.5 Å². The van der Waals surface area contributed by atoms with E-state index in [-0.39, 0.29) is 11.9 Å². The van der Waals surface area contributed by atoms with Crippen LogP contribution in [0.4, 0.5) is 4.79 Å². The first-order valence-corrected chi connectivity index (χ1v) is 9.82. The lowest BCUT2D eigenvalue weighted by Gasteiger charge is -2.32. The third kappa shape index (κ3) is 5.46. The molecule has 3 amide bonds. The molecule has 0 saturated carbocycles. The van der Waals surface area contributed by atoms with Crippen molar-refractivity contribution in [2.75, 3.05) is 59.0 Å². The minimum Gasteiger partial charge on any atom is -0.459 e. The van der Waals surface area contributed by atoms with Crippen LogP contribution in [-0.2, 0) is 4.74 Å². The van der Waals surface area contributed by atoms with Crippen LogP contribution in [0.1, 0.15) is 30.3 Å². The van der Waals surface area contributed by atoms with Gasteiger partial charge >= 0.3 is 6.03 Å². The molecule has 2 fully saturated rings. The second-order valence-corrected chi connectivity index (χ2v) is 7.13. The molecule has 2 saturated heterocycles. The topological polar surface area (TPSA) is 78.3 Å². The van der Waals surface area contributed by atoms with Crippen LogP contribution in [0, 0.1) is 0 Å². The molecular weight excluding hydrogens is 348 g/mol. The number of furan rings is 1. The van der Waals surface area contributed by atoms with Gasteiger partial charge < -0.3 is 24.3 Å². The SMILES string of the molecule is CC(CCNC(=O)N1CCCN(C(=O)c2ccco2)CC1)N1CCOCC1. The molecule has 1 N–H and O–H groups in total. The Morgan fingerprint density at radius 1 is 1.11 bits per heavy atom. The van der Waals surface area contributed by atoms with Gasteiger partial charge in [-0.25, -0.2) is 4.79 Å². The predicted octanol–water partition coefficient (Wildman–Crippen LogP) is 1.25. The first kappa shape index (κ1) is 19.7. The zero-order chi connectivity index (χ0) is 19.1. The highest BCUT2D eigenvalue weighted by atomic mass is 16.5. The molecule has 150 valence electrons. The molecule has 0 radical (unpaired) electrons. The highest BCUT2D eigenvalue weighted by Crippen LogP contribution is 2.10. The highest BCUT2D eigenvalue weighted by molar-refractivity contribution is 5.91. The number of morpholine rings is 1. The Labute approximate surface area is 160 Å². The lowest BCUT2D eigenvalue weighted by molar-refractivity contribution is 0.0188. The number of urea groups is 1. The number of hydrogen-bond donors (Lipinski definition) is 1. The molecular formula is C19H30N4O4. The molecule has 1 aromatic rings. The van der Waals surface area contributed by atoms with E-state index in [0.29, 0.717) is 44.5 Å².